The van der Waals surface area contributed by atoms with Crippen LogP contribution in [0, 0.1) is 34.6 Å². The summed E-state index contributed by atoms with van der Waals surface area (Å²) in [5.41, 5.74) is 9.68. The van der Waals surface area contributed by atoms with E-state index >= 15 is 0 Å². The van der Waals surface area contributed by atoms with Gasteiger partial charge in [0.25, 0.3) is 0 Å². The summed E-state index contributed by atoms with van der Waals surface area (Å²) < 4.78 is 38.2. The third-order valence-electron chi connectivity index (χ3n) is 3.72. The Balaban J connectivity index is 0.00000289. The van der Waals surface area contributed by atoms with Gasteiger partial charge in [-0.3, -0.25) is 0 Å². The number of benzene rings is 1. The highest BCUT2D eigenvalue weighted by Crippen LogP contribution is 2.37. The smallest absolute Gasteiger partial charge is 0.316 e. The standard InChI is InChI=1S/C13H18F3N.ClH/c1-6-7(2)9(4)11(10(5)8(6)3)12(17)13(14,15)16;/h12H,17H2,1-5H3;1H/t12-;/m1./s1. The Kier molecular flexibility index (Phi) is 5.27. The molecule has 0 saturated heterocycles. The Morgan fingerprint density at radius 3 is 1.33 bits per heavy atom. The first-order valence-corrected chi connectivity index (χ1v) is 5.48. The van der Waals surface area contributed by atoms with E-state index in [0.29, 0.717) is 11.1 Å². The fourth-order valence-electron chi connectivity index (χ4n) is 2.16. The minimum absolute atomic E-state index is 0. The molecule has 0 radical (unpaired) electrons. The molecule has 0 aromatic heterocycles. The summed E-state index contributed by atoms with van der Waals surface area (Å²) in [6.45, 7) is 9.01. The molecule has 0 amide bonds. The largest absolute Gasteiger partial charge is 0.407 e. The van der Waals surface area contributed by atoms with Crippen molar-refractivity contribution in [1.82, 2.24) is 0 Å². The molecule has 1 aromatic rings. The Morgan fingerprint density at radius 1 is 0.778 bits per heavy atom. The number of rotatable bonds is 1. The molecule has 0 heterocycles. The quantitative estimate of drug-likeness (QED) is 0.820. The van der Waals surface area contributed by atoms with Gasteiger partial charge in [0, 0.05) is 0 Å². The molecule has 104 valence electrons. The van der Waals surface area contributed by atoms with E-state index in [1.807, 2.05) is 20.8 Å². The van der Waals surface area contributed by atoms with Crippen molar-refractivity contribution in [3.63, 3.8) is 0 Å². The fourth-order valence-corrected chi connectivity index (χ4v) is 2.16. The van der Waals surface area contributed by atoms with E-state index in [1.54, 1.807) is 13.8 Å². The third kappa shape index (κ3) is 2.81. The van der Waals surface area contributed by atoms with E-state index in [-0.39, 0.29) is 18.0 Å². The van der Waals surface area contributed by atoms with Crippen molar-refractivity contribution in [3.8, 4) is 0 Å². The molecule has 0 spiro atoms. The van der Waals surface area contributed by atoms with Crippen molar-refractivity contribution in [2.24, 2.45) is 5.73 Å². The van der Waals surface area contributed by atoms with Gasteiger partial charge >= 0.3 is 6.18 Å². The predicted octanol–water partition coefficient (Wildman–Crippen LogP) is 4.21. The van der Waals surface area contributed by atoms with Gasteiger partial charge in [0.05, 0.1) is 0 Å². The zero-order valence-electron chi connectivity index (χ0n) is 11.2. The molecule has 0 aliphatic carbocycles. The van der Waals surface area contributed by atoms with Crippen LogP contribution in [-0.2, 0) is 0 Å². The van der Waals surface area contributed by atoms with Crippen LogP contribution in [-0.4, -0.2) is 6.18 Å². The van der Waals surface area contributed by atoms with Crippen molar-refractivity contribution < 1.29 is 13.2 Å². The SMILES string of the molecule is Cc1c(C)c(C)c([C@@H](N)C(F)(F)F)c(C)c1C.Cl. The summed E-state index contributed by atoms with van der Waals surface area (Å²) in [6, 6.07) is -1.90. The van der Waals surface area contributed by atoms with Gasteiger partial charge in [-0.2, -0.15) is 13.2 Å². The van der Waals surface area contributed by atoms with E-state index < -0.39 is 12.2 Å². The first kappa shape index (κ1) is 17.3. The second-order valence-corrected chi connectivity index (χ2v) is 4.56. The Morgan fingerprint density at radius 2 is 1.06 bits per heavy atom. The minimum atomic E-state index is -4.40. The van der Waals surface area contributed by atoms with Crippen LogP contribution in [0.2, 0.25) is 0 Å². The highest BCUT2D eigenvalue weighted by atomic mass is 35.5. The molecule has 0 aliphatic heterocycles. The first-order chi connectivity index (χ1) is 7.59. The number of hydrogen-bond donors (Lipinski definition) is 1. The molecular formula is C13H19ClF3N. The lowest BCUT2D eigenvalue weighted by Gasteiger charge is -2.24. The van der Waals surface area contributed by atoms with Gasteiger partial charge in [0.1, 0.15) is 6.04 Å². The van der Waals surface area contributed by atoms with Crippen molar-refractivity contribution in [1.29, 1.82) is 0 Å². The zero-order chi connectivity index (χ0) is 13.5. The van der Waals surface area contributed by atoms with Crippen LogP contribution in [0.15, 0.2) is 0 Å². The Labute approximate surface area is 112 Å². The van der Waals surface area contributed by atoms with Crippen molar-refractivity contribution in [2.75, 3.05) is 0 Å². The van der Waals surface area contributed by atoms with E-state index in [0.717, 1.165) is 16.7 Å². The van der Waals surface area contributed by atoms with Crippen LogP contribution in [0.5, 0.6) is 0 Å². The minimum Gasteiger partial charge on any atom is -0.316 e. The first-order valence-electron chi connectivity index (χ1n) is 5.48. The summed E-state index contributed by atoms with van der Waals surface area (Å²) >= 11 is 0. The van der Waals surface area contributed by atoms with Crippen LogP contribution in [0.1, 0.15) is 39.4 Å². The molecule has 1 nitrogen and oxygen atoms in total. The van der Waals surface area contributed by atoms with E-state index in [9.17, 15) is 13.2 Å². The van der Waals surface area contributed by atoms with Crippen molar-refractivity contribution in [2.45, 2.75) is 46.8 Å². The fraction of sp³-hybridized carbons (Fsp3) is 0.538. The number of halogens is 4. The maximum absolute atomic E-state index is 12.7. The number of alkyl halides is 3. The molecule has 5 heteroatoms. The topological polar surface area (TPSA) is 26.0 Å². The van der Waals surface area contributed by atoms with E-state index in [1.165, 1.54) is 0 Å². The maximum atomic E-state index is 12.7. The summed E-state index contributed by atoms with van der Waals surface area (Å²) in [6.07, 6.45) is -4.40. The van der Waals surface area contributed by atoms with Crippen LogP contribution >= 0.6 is 12.4 Å². The molecular weight excluding hydrogens is 263 g/mol. The van der Waals surface area contributed by atoms with Crippen LogP contribution in [0.3, 0.4) is 0 Å². The molecule has 1 atom stereocenters. The summed E-state index contributed by atoms with van der Waals surface area (Å²) in [5.74, 6) is 0. The summed E-state index contributed by atoms with van der Waals surface area (Å²) in [5, 5.41) is 0. The lowest BCUT2D eigenvalue weighted by atomic mass is 9.86. The summed E-state index contributed by atoms with van der Waals surface area (Å²) in [4.78, 5) is 0. The molecule has 2 N–H and O–H groups in total. The van der Waals surface area contributed by atoms with Gasteiger partial charge in [-0.1, -0.05) is 0 Å². The van der Waals surface area contributed by atoms with E-state index in [2.05, 4.69) is 0 Å². The summed E-state index contributed by atoms with van der Waals surface area (Å²) in [7, 11) is 0. The van der Waals surface area contributed by atoms with Gasteiger partial charge < -0.3 is 5.73 Å². The Bertz CT molecular complexity index is 424. The average molecular weight is 282 g/mol. The van der Waals surface area contributed by atoms with Crippen LogP contribution in [0.25, 0.3) is 0 Å². The molecule has 0 unspecified atom stereocenters. The molecule has 1 aromatic carbocycles. The van der Waals surface area contributed by atoms with Gasteiger partial charge in [0.2, 0.25) is 0 Å². The Hall–Kier alpha value is -0.740. The van der Waals surface area contributed by atoms with Crippen molar-refractivity contribution in [3.05, 3.63) is 33.4 Å². The molecule has 0 bridgehead atoms. The van der Waals surface area contributed by atoms with Gasteiger partial charge in [0.15, 0.2) is 0 Å². The predicted molar refractivity (Wildman–Crippen MR) is 70.4 cm³/mol. The third-order valence-corrected chi connectivity index (χ3v) is 3.72. The highest BCUT2D eigenvalue weighted by molar-refractivity contribution is 5.85. The molecule has 0 aliphatic rings. The maximum Gasteiger partial charge on any atom is 0.407 e. The molecule has 18 heavy (non-hydrogen) atoms. The van der Waals surface area contributed by atoms with E-state index in [4.69, 9.17) is 5.73 Å². The molecule has 1 rings (SSSR count). The molecule has 0 fully saturated rings. The number of nitrogens with two attached hydrogens (primary N) is 1. The van der Waals surface area contributed by atoms with Crippen LogP contribution in [0.4, 0.5) is 13.2 Å². The van der Waals surface area contributed by atoms with Gasteiger partial charge in [-0.15, -0.1) is 12.4 Å². The monoisotopic (exact) mass is 281 g/mol. The second kappa shape index (κ2) is 5.49. The van der Waals surface area contributed by atoms with Crippen LogP contribution < -0.4 is 5.73 Å². The average Bonchev–Trinajstić information content (AvgIpc) is 2.22. The number of hydrogen-bond acceptors (Lipinski definition) is 1. The second-order valence-electron chi connectivity index (χ2n) is 4.56. The van der Waals surface area contributed by atoms with Crippen molar-refractivity contribution >= 4 is 12.4 Å². The lowest BCUT2D eigenvalue weighted by molar-refractivity contribution is -0.149. The zero-order valence-corrected chi connectivity index (χ0v) is 12.0. The van der Waals surface area contributed by atoms with Gasteiger partial charge in [-0.05, 0) is 68.0 Å². The highest BCUT2D eigenvalue weighted by Gasteiger charge is 2.40. The normalized spacial score (nSPS) is 13.2. The van der Waals surface area contributed by atoms with Gasteiger partial charge in [-0.25, -0.2) is 0 Å². The molecule has 0 saturated carbocycles. The lowest BCUT2D eigenvalue weighted by Crippen LogP contribution is -2.30.